The number of aldehydes is 1. The van der Waals surface area contributed by atoms with Gasteiger partial charge in [0.05, 0.1) is 5.92 Å². The molecule has 23 heavy (non-hydrogen) atoms. The van der Waals surface area contributed by atoms with E-state index in [4.69, 9.17) is 0 Å². The first-order valence-electron chi connectivity index (χ1n) is 8.13. The van der Waals surface area contributed by atoms with Gasteiger partial charge in [-0.25, -0.2) is 0 Å². The minimum absolute atomic E-state index is 0.0207. The third-order valence-corrected chi connectivity index (χ3v) is 3.94. The predicted octanol–water partition coefficient (Wildman–Crippen LogP) is 4.34. The second-order valence-electron chi connectivity index (χ2n) is 5.62. The van der Waals surface area contributed by atoms with Gasteiger partial charge in [-0.2, -0.15) is 0 Å². The molecule has 3 heteroatoms. The van der Waals surface area contributed by atoms with Crippen LogP contribution in [-0.4, -0.2) is 12.2 Å². The standard InChI is InChI=1S/C20H23NO2/c1-2-19(17-9-4-3-5-10-17)20(23)21-18-13-11-16(12-14-18)8-6-7-15-22/h3-5,9-15,19H,2,6-8H2,1H3,(H,21,23). The van der Waals surface area contributed by atoms with Crippen LogP contribution in [-0.2, 0) is 16.0 Å². The lowest BCUT2D eigenvalue weighted by atomic mass is 9.95. The van der Waals surface area contributed by atoms with Crippen LogP contribution in [0.15, 0.2) is 54.6 Å². The van der Waals surface area contributed by atoms with E-state index in [1.165, 1.54) is 5.56 Å². The summed E-state index contributed by atoms with van der Waals surface area (Å²) in [6.45, 7) is 2.02. The van der Waals surface area contributed by atoms with E-state index in [0.29, 0.717) is 6.42 Å². The average Bonchev–Trinajstić information content (AvgIpc) is 2.58. The highest BCUT2D eigenvalue weighted by molar-refractivity contribution is 5.95. The SMILES string of the molecule is CCC(C(=O)Nc1ccc(CCCC=O)cc1)c1ccccc1. The Bertz CT molecular complexity index is 620. The van der Waals surface area contributed by atoms with Gasteiger partial charge >= 0.3 is 0 Å². The lowest BCUT2D eigenvalue weighted by Crippen LogP contribution is -2.20. The van der Waals surface area contributed by atoms with Crippen LogP contribution in [0.2, 0.25) is 0 Å². The zero-order valence-corrected chi connectivity index (χ0v) is 13.5. The molecule has 0 saturated carbocycles. The van der Waals surface area contributed by atoms with Crippen molar-refractivity contribution in [3.8, 4) is 0 Å². The van der Waals surface area contributed by atoms with E-state index in [1.54, 1.807) is 0 Å². The minimum Gasteiger partial charge on any atom is -0.326 e. The summed E-state index contributed by atoms with van der Waals surface area (Å²) >= 11 is 0. The molecule has 0 bridgehead atoms. The number of aryl methyl sites for hydroxylation is 1. The van der Waals surface area contributed by atoms with E-state index < -0.39 is 0 Å². The van der Waals surface area contributed by atoms with E-state index in [0.717, 1.165) is 36.8 Å². The number of hydrogen-bond donors (Lipinski definition) is 1. The first-order valence-corrected chi connectivity index (χ1v) is 8.13. The van der Waals surface area contributed by atoms with E-state index in [9.17, 15) is 9.59 Å². The van der Waals surface area contributed by atoms with Gasteiger partial charge in [-0.05, 0) is 42.5 Å². The number of amides is 1. The van der Waals surface area contributed by atoms with Crippen LogP contribution >= 0.6 is 0 Å². The molecule has 2 aromatic carbocycles. The van der Waals surface area contributed by atoms with Gasteiger partial charge < -0.3 is 10.1 Å². The molecule has 120 valence electrons. The Morgan fingerprint density at radius 2 is 1.78 bits per heavy atom. The first kappa shape index (κ1) is 16.9. The zero-order chi connectivity index (χ0) is 16.5. The lowest BCUT2D eigenvalue weighted by Gasteiger charge is -2.15. The molecule has 0 saturated heterocycles. The molecule has 0 aliphatic carbocycles. The normalized spacial score (nSPS) is 11.7. The van der Waals surface area contributed by atoms with Crippen LogP contribution in [0.1, 0.15) is 43.2 Å². The summed E-state index contributed by atoms with van der Waals surface area (Å²) in [5.74, 6) is -0.115. The van der Waals surface area contributed by atoms with Gasteiger partial charge in [0.1, 0.15) is 6.29 Å². The summed E-state index contributed by atoms with van der Waals surface area (Å²) in [6, 6.07) is 17.7. The molecule has 1 unspecified atom stereocenters. The Labute approximate surface area is 137 Å². The summed E-state index contributed by atoms with van der Waals surface area (Å²) in [4.78, 5) is 22.8. The summed E-state index contributed by atoms with van der Waals surface area (Å²) in [5, 5.41) is 2.99. The monoisotopic (exact) mass is 309 g/mol. The van der Waals surface area contributed by atoms with Gasteiger partial charge in [0.2, 0.25) is 5.91 Å². The number of benzene rings is 2. The van der Waals surface area contributed by atoms with Crippen molar-refractivity contribution < 1.29 is 9.59 Å². The Balaban J connectivity index is 1.97. The molecular formula is C20H23NO2. The Hall–Kier alpha value is -2.42. The van der Waals surface area contributed by atoms with Crippen molar-refractivity contribution in [3.05, 3.63) is 65.7 Å². The van der Waals surface area contributed by atoms with Crippen molar-refractivity contribution in [2.75, 3.05) is 5.32 Å². The summed E-state index contributed by atoms with van der Waals surface area (Å²) in [5.41, 5.74) is 3.03. The smallest absolute Gasteiger partial charge is 0.231 e. The van der Waals surface area contributed by atoms with Crippen LogP contribution in [0.4, 0.5) is 5.69 Å². The molecule has 1 amide bonds. The van der Waals surface area contributed by atoms with Crippen molar-refractivity contribution in [2.24, 2.45) is 0 Å². The van der Waals surface area contributed by atoms with Crippen molar-refractivity contribution in [2.45, 2.75) is 38.5 Å². The quantitative estimate of drug-likeness (QED) is 0.582. The fourth-order valence-corrected chi connectivity index (χ4v) is 2.63. The third-order valence-electron chi connectivity index (χ3n) is 3.94. The number of carbonyl (C=O) groups is 2. The first-order chi connectivity index (χ1) is 11.2. The summed E-state index contributed by atoms with van der Waals surface area (Å²) in [6.07, 6.45) is 4.05. The van der Waals surface area contributed by atoms with E-state index in [-0.39, 0.29) is 11.8 Å². The molecule has 0 spiro atoms. The summed E-state index contributed by atoms with van der Waals surface area (Å²) < 4.78 is 0. The molecule has 0 aromatic heterocycles. The third kappa shape index (κ3) is 5.06. The van der Waals surface area contributed by atoms with Crippen LogP contribution in [0.25, 0.3) is 0 Å². The summed E-state index contributed by atoms with van der Waals surface area (Å²) in [7, 11) is 0. The van der Waals surface area contributed by atoms with Gasteiger partial charge in [0.25, 0.3) is 0 Å². The lowest BCUT2D eigenvalue weighted by molar-refractivity contribution is -0.117. The number of unbranched alkanes of at least 4 members (excludes halogenated alkanes) is 1. The molecule has 0 aliphatic heterocycles. The molecular weight excluding hydrogens is 286 g/mol. The number of rotatable bonds is 8. The molecule has 2 rings (SSSR count). The van der Waals surface area contributed by atoms with Gasteiger partial charge in [-0.15, -0.1) is 0 Å². The molecule has 0 fully saturated rings. The van der Waals surface area contributed by atoms with E-state index >= 15 is 0 Å². The highest BCUT2D eigenvalue weighted by atomic mass is 16.1. The van der Waals surface area contributed by atoms with Crippen LogP contribution in [0.5, 0.6) is 0 Å². The maximum Gasteiger partial charge on any atom is 0.231 e. The second kappa shape index (κ2) is 8.89. The molecule has 0 radical (unpaired) electrons. The molecule has 1 atom stereocenters. The Morgan fingerprint density at radius 3 is 2.39 bits per heavy atom. The van der Waals surface area contributed by atoms with Crippen LogP contribution in [0, 0.1) is 0 Å². The number of anilines is 1. The van der Waals surface area contributed by atoms with E-state index in [2.05, 4.69) is 5.32 Å². The van der Waals surface area contributed by atoms with Crippen LogP contribution in [0.3, 0.4) is 0 Å². The average molecular weight is 309 g/mol. The number of nitrogens with one attached hydrogen (secondary N) is 1. The largest absolute Gasteiger partial charge is 0.326 e. The van der Waals surface area contributed by atoms with Crippen LogP contribution < -0.4 is 5.32 Å². The van der Waals surface area contributed by atoms with Gasteiger partial charge in [-0.1, -0.05) is 49.4 Å². The number of carbonyl (C=O) groups excluding carboxylic acids is 2. The predicted molar refractivity (Wildman–Crippen MR) is 93.5 cm³/mol. The van der Waals surface area contributed by atoms with E-state index in [1.807, 2.05) is 61.5 Å². The fourth-order valence-electron chi connectivity index (χ4n) is 2.63. The topological polar surface area (TPSA) is 46.2 Å². The molecule has 2 aromatic rings. The van der Waals surface area contributed by atoms with Gasteiger partial charge in [-0.3, -0.25) is 4.79 Å². The maximum atomic E-state index is 12.5. The Kier molecular flexibility index (Phi) is 6.55. The molecule has 3 nitrogen and oxygen atoms in total. The van der Waals surface area contributed by atoms with Crippen molar-refractivity contribution in [3.63, 3.8) is 0 Å². The zero-order valence-electron chi connectivity index (χ0n) is 13.5. The van der Waals surface area contributed by atoms with Gasteiger partial charge in [0.15, 0.2) is 0 Å². The minimum atomic E-state index is -0.136. The number of hydrogen-bond acceptors (Lipinski definition) is 2. The molecule has 1 N–H and O–H groups in total. The molecule has 0 aliphatic rings. The molecule has 0 heterocycles. The highest BCUT2D eigenvalue weighted by Crippen LogP contribution is 2.21. The van der Waals surface area contributed by atoms with Crippen molar-refractivity contribution >= 4 is 17.9 Å². The maximum absolute atomic E-state index is 12.5. The fraction of sp³-hybridized carbons (Fsp3) is 0.300. The highest BCUT2D eigenvalue weighted by Gasteiger charge is 2.18. The second-order valence-corrected chi connectivity index (χ2v) is 5.62. The van der Waals surface area contributed by atoms with Crippen molar-refractivity contribution in [1.29, 1.82) is 0 Å². The van der Waals surface area contributed by atoms with Crippen molar-refractivity contribution in [1.82, 2.24) is 0 Å². The Morgan fingerprint density at radius 1 is 1.09 bits per heavy atom. The van der Waals surface area contributed by atoms with Gasteiger partial charge in [0, 0.05) is 12.1 Å².